The number of fused-ring (bicyclic) bond motifs is 3. The molecule has 0 saturated heterocycles. The van der Waals surface area contributed by atoms with E-state index in [1.165, 1.54) is 12.8 Å². The van der Waals surface area contributed by atoms with Crippen LogP contribution >= 0.6 is 0 Å². The van der Waals surface area contributed by atoms with E-state index in [1.807, 2.05) is 0 Å². The zero-order chi connectivity index (χ0) is 5.90. The molecule has 0 heteroatoms. The lowest BCUT2D eigenvalue weighted by atomic mass is 9.91. The molecule has 9 heavy (non-hydrogen) atoms. The van der Waals surface area contributed by atoms with E-state index >= 15 is 0 Å². The highest BCUT2D eigenvalue weighted by Gasteiger charge is 2.55. The first-order chi connectivity index (χ1) is 4.39. The molecule has 2 fully saturated rings. The van der Waals surface area contributed by atoms with Gasteiger partial charge >= 0.3 is 0 Å². The molecule has 2 unspecified atom stereocenters. The molecular weight excluding hydrogens is 108 g/mol. The van der Waals surface area contributed by atoms with Crippen molar-refractivity contribution in [1.29, 1.82) is 0 Å². The van der Waals surface area contributed by atoms with Crippen molar-refractivity contribution in [2.24, 2.45) is 17.3 Å². The van der Waals surface area contributed by atoms with Crippen molar-refractivity contribution in [1.82, 2.24) is 0 Å². The third kappa shape index (κ3) is 0.417. The van der Waals surface area contributed by atoms with Gasteiger partial charge in [0.2, 0.25) is 0 Å². The number of hydrogen-bond acceptors (Lipinski definition) is 0. The average molecular weight is 120 g/mol. The van der Waals surface area contributed by atoms with Crippen LogP contribution in [0.5, 0.6) is 0 Å². The van der Waals surface area contributed by atoms with Gasteiger partial charge in [-0.15, -0.1) is 0 Å². The number of hydrogen-bond donors (Lipinski definition) is 0. The first-order valence-corrected chi connectivity index (χ1v) is 4.07. The molecule has 3 rings (SSSR count). The maximum absolute atomic E-state index is 2.47. The molecular formula is C9H12. The molecule has 0 heterocycles. The zero-order valence-electron chi connectivity index (χ0n) is 5.64. The van der Waals surface area contributed by atoms with Gasteiger partial charge in [0.1, 0.15) is 0 Å². The van der Waals surface area contributed by atoms with Gasteiger partial charge in [-0.3, -0.25) is 0 Å². The summed E-state index contributed by atoms with van der Waals surface area (Å²) in [7, 11) is 0. The second-order valence-electron chi connectivity index (χ2n) is 4.05. The molecule has 3 aliphatic rings. The van der Waals surface area contributed by atoms with Crippen LogP contribution < -0.4 is 0 Å². The molecule has 2 bridgehead atoms. The lowest BCUT2D eigenvalue weighted by Gasteiger charge is -2.14. The largest absolute Gasteiger partial charge is 0.0851 e. The van der Waals surface area contributed by atoms with E-state index in [9.17, 15) is 0 Å². The van der Waals surface area contributed by atoms with Gasteiger partial charge in [-0.2, -0.15) is 0 Å². The minimum absolute atomic E-state index is 0.874. The Morgan fingerprint density at radius 1 is 1.22 bits per heavy atom. The Morgan fingerprint density at radius 2 is 2.11 bits per heavy atom. The van der Waals surface area contributed by atoms with Gasteiger partial charge in [-0.1, -0.05) is 12.2 Å². The number of allylic oxidation sites excluding steroid dienone is 2. The first-order valence-electron chi connectivity index (χ1n) is 4.07. The van der Waals surface area contributed by atoms with E-state index in [0.29, 0.717) is 0 Å². The first kappa shape index (κ1) is 4.54. The van der Waals surface area contributed by atoms with Gasteiger partial charge in [0.05, 0.1) is 0 Å². The summed E-state index contributed by atoms with van der Waals surface area (Å²) in [6, 6.07) is 0. The van der Waals surface area contributed by atoms with Gasteiger partial charge in [0.15, 0.2) is 0 Å². The molecule has 2 atom stereocenters. The van der Waals surface area contributed by atoms with E-state index in [4.69, 9.17) is 0 Å². The molecule has 2 saturated carbocycles. The van der Waals surface area contributed by atoms with Crippen molar-refractivity contribution >= 4 is 0 Å². The Morgan fingerprint density at radius 3 is 2.44 bits per heavy atom. The van der Waals surface area contributed by atoms with Crippen LogP contribution in [0.3, 0.4) is 0 Å². The van der Waals surface area contributed by atoms with Crippen molar-refractivity contribution in [3.8, 4) is 0 Å². The Balaban J connectivity index is 2.05. The fraction of sp³-hybridized carbons (Fsp3) is 0.778. The molecule has 48 valence electrons. The molecule has 0 aromatic heterocycles. The fourth-order valence-electron chi connectivity index (χ4n) is 2.79. The average Bonchev–Trinajstić information content (AvgIpc) is 2.40. The zero-order valence-corrected chi connectivity index (χ0v) is 5.64. The molecule has 3 aliphatic carbocycles. The van der Waals surface area contributed by atoms with Crippen molar-refractivity contribution in [3.05, 3.63) is 12.2 Å². The highest BCUT2D eigenvalue weighted by molar-refractivity contribution is 5.20. The summed E-state index contributed by atoms with van der Waals surface area (Å²) in [5.41, 5.74) is 0.874. The fourth-order valence-corrected chi connectivity index (χ4v) is 2.79. The topological polar surface area (TPSA) is 0 Å². The van der Waals surface area contributed by atoms with Crippen LogP contribution in [0.25, 0.3) is 0 Å². The summed E-state index contributed by atoms with van der Waals surface area (Å²) in [4.78, 5) is 0. The second kappa shape index (κ2) is 1.12. The maximum atomic E-state index is 2.47. The molecule has 1 spiro atoms. The Kier molecular flexibility index (Phi) is 0.564. The van der Waals surface area contributed by atoms with Crippen molar-refractivity contribution in [3.63, 3.8) is 0 Å². The van der Waals surface area contributed by atoms with Crippen LogP contribution in [-0.2, 0) is 0 Å². The Labute approximate surface area is 56.0 Å². The van der Waals surface area contributed by atoms with Gasteiger partial charge in [0, 0.05) is 0 Å². The summed E-state index contributed by atoms with van der Waals surface area (Å²) in [6.45, 7) is 0. The minimum Gasteiger partial charge on any atom is -0.0851 e. The van der Waals surface area contributed by atoms with Crippen LogP contribution in [0.4, 0.5) is 0 Å². The third-order valence-corrected chi connectivity index (χ3v) is 3.52. The quantitative estimate of drug-likeness (QED) is 0.430. The van der Waals surface area contributed by atoms with E-state index < -0.39 is 0 Å². The lowest BCUT2D eigenvalue weighted by molar-refractivity contribution is 0.425. The monoisotopic (exact) mass is 120 g/mol. The molecule has 0 N–H and O–H groups in total. The highest BCUT2D eigenvalue weighted by atomic mass is 14.6. The van der Waals surface area contributed by atoms with Crippen LogP contribution in [0.2, 0.25) is 0 Å². The Hall–Kier alpha value is -0.260. The van der Waals surface area contributed by atoms with Crippen LogP contribution in [0, 0.1) is 17.3 Å². The molecule has 0 amide bonds. The van der Waals surface area contributed by atoms with E-state index in [1.54, 1.807) is 12.8 Å². The van der Waals surface area contributed by atoms with Gasteiger partial charge < -0.3 is 0 Å². The van der Waals surface area contributed by atoms with Crippen LogP contribution in [0.15, 0.2) is 12.2 Å². The molecule has 0 aromatic carbocycles. The van der Waals surface area contributed by atoms with E-state index in [2.05, 4.69) is 12.2 Å². The Bertz CT molecular complexity index is 174. The molecule has 0 nitrogen and oxygen atoms in total. The molecule has 0 aromatic rings. The van der Waals surface area contributed by atoms with E-state index in [-0.39, 0.29) is 0 Å². The standard InChI is InChI=1S/C9H12/c1-2-8-5-7(1)6-9(8)3-4-9/h1-2,7-8H,3-6H2. The van der Waals surface area contributed by atoms with Gasteiger partial charge in [0.25, 0.3) is 0 Å². The summed E-state index contributed by atoms with van der Waals surface area (Å²) in [5, 5.41) is 0. The van der Waals surface area contributed by atoms with Crippen molar-refractivity contribution in [2.75, 3.05) is 0 Å². The molecule has 0 aliphatic heterocycles. The minimum atomic E-state index is 0.874. The van der Waals surface area contributed by atoms with Crippen molar-refractivity contribution < 1.29 is 0 Å². The third-order valence-electron chi connectivity index (χ3n) is 3.52. The molecule has 0 radical (unpaired) electrons. The number of rotatable bonds is 0. The second-order valence-corrected chi connectivity index (χ2v) is 4.05. The van der Waals surface area contributed by atoms with Gasteiger partial charge in [-0.25, -0.2) is 0 Å². The van der Waals surface area contributed by atoms with Crippen LogP contribution in [-0.4, -0.2) is 0 Å². The van der Waals surface area contributed by atoms with Crippen LogP contribution in [0.1, 0.15) is 25.7 Å². The van der Waals surface area contributed by atoms with Crippen molar-refractivity contribution in [2.45, 2.75) is 25.7 Å². The van der Waals surface area contributed by atoms with Gasteiger partial charge in [-0.05, 0) is 42.9 Å². The summed E-state index contributed by atoms with van der Waals surface area (Å²) >= 11 is 0. The smallest absolute Gasteiger partial charge is 0.0171 e. The lowest BCUT2D eigenvalue weighted by Crippen LogP contribution is -2.05. The highest BCUT2D eigenvalue weighted by Crippen LogP contribution is 2.65. The maximum Gasteiger partial charge on any atom is -0.0171 e. The summed E-state index contributed by atoms with van der Waals surface area (Å²) in [5.74, 6) is 2.01. The normalized spacial score (nSPS) is 48.9. The predicted molar refractivity (Wildman–Crippen MR) is 37.0 cm³/mol. The SMILES string of the molecule is C1=CC2CC1CC21CC1. The summed E-state index contributed by atoms with van der Waals surface area (Å²) in [6.07, 6.45) is 11.0. The van der Waals surface area contributed by atoms with E-state index in [0.717, 1.165) is 17.3 Å². The predicted octanol–water partition coefficient (Wildman–Crippen LogP) is 2.36. The summed E-state index contributed by atoms with van der Waals surface area (Å²) < 4.78 is 0.